The largest absolute Gasteiger partial charge is 0.322 e. The molecule has 0 saturated heterocycles. The molecule has 0 aliphatic carbocycles. The van der Waals surface area contributed by atoms with Gasteiger partial charge in [-0.1, -0.05) is 54.4 Å². The van der Waals surface area contributed by atoms with E-state index in [-0.39, 0.29) is 6.04 Å². The molecule has 2 aromatic rings. The molecule has 106 valence electrons. The van der Waals surface area contributed by atoms with Gasteiger partial charge in [-0.05, 0) is 41.8 Å². The van der Waals surface area contributed by atoms with Gasteiger partial charge in [0, 0.05) is 10.0 Å². The first-order valence-corrected chi connectivity index (χ1v) is 7.29. The molecular formula is C16H18Cl2N2. The SMILES string of the molecule is CCC(N)(c1ccc(Cl)cc1)C(N)c1ccc(Cl)cc1. The zero-order valence-electron chi connectivity index (χ0n) is 11.3. The Hall–Kier alpha value is -1.06. The van der Waals surface area contributed by atoms with E-state index >= 15 is 0 Å². The second-order valence-corrected chi connectivity index (χ2v) is 5.80. The number of halogens is 2. The number of hydrogen-bond acceptors (Lipinski definition) is 2. The van der Waals surface area contributed by atoms with Gasteiger partial charge < -0.3 is 11.5 Å². The molecule has 4 heteroatoms. The Morgan fingerprint density at radius 1 is 0.950 bits per heavy atom. The summed E-state index contributed by atoms with van der Waals surface area (Å²) in [5, 5.41) is 1.37. The van der Waals surface area contributed by atoms with E-state index < -0.39 is 5.54 Å². The summed E-state index contributed by atoms with van der Waals surface area (Å²) in [5.41, 5.74) is 14.3. The molecule has 0 heterocycles. The molecule has 20 heavy (non-hydrogen) atoms. The highest BCUT2D eigenvalue weighted by Gasteiger charge is 2.33. The van der Waals surface area contributed by atoms with E-state index in [9.17, 15) is 0 Å². The smallest absolute Gasteiger partial charge is 0.0602 e. The monoisotopic (exact) mass is 308 g/mol. The van der Waals surface area contributed by atoms with Crippen LogP contribution < -0.4 is 11.5 Å². The predicted molar refractivity (Wildman–Crippen MR) is 86.0 cm³/mol. The molecule has 2 aromatic carbocycles. The minimum atomic E-state index is -0.640. The van der Waals surface area contributed by atoms with Crippen LogP contribution in [-0.2, 0) is 5.54 Å². The van der Waals surface area contributed by atoms with Crippen molar-refractivity contribution in [2.45, 2.75) is 24.9 Å². The van der Waals surface area contributed by atoms with Gasteiger partial charge in [0.2, 0.25) is 0 Å². The van der Waals surface area contributed by atoms with Crippen molar-refractivity contribution >= 4 is 23.2 Å². The van der Waals surface area contributed by atoms with Crippen LogP contribution in [0.4, 0.5) is 0 Å². The summed E-state index contributed by atoms with van der Waals surface area (Å²) in [6.07, 6.45) is 0.721. The van der Waals surface area contributed by atoms with Crippen molar-refractivity contribution in [1.82, 2.24) is 0 Å². The third-order valence-corrected chi connectivity index (χ3v) is 4.25. The van der Waals surface area contributed by atoms with E-state index in [1.54, 1.807) is 0 Å². The maximum Gasteiger partial charge on any atom is 0.0602 e. The van der Waals surface area contributed by atoms with E-state index in [0.717, 1.165) is 17.5 Å². The van der Waals surface area contributed by atoms with E-state index in [0.29, 0.717) is 10.0 Å². The number of benzene rings is 2. The van der Waals surface area contributed by atoms with Gasteiger partial charge in [0.05, 0.1) is 11.6 Å². The summed E-state index contributed by atoms with van der Waals surface area (Å²) in [6.45, 7) is 2.03. The standard InChI is InChI=1S/C16H18Cl2N2/c1-2-16(20,12-5-9-14(18)10-6-12)15(19)11-3-7-13(17)8-4-11/h3-10,15H,2,19-20H2,1H3. The van der Waals surface area contributed by atoms with Crippen LogP contribution in [0.1, 0.15) is 30.5 Å². The van der Waals surface area contributed by atoms with Gasteiger partial charge in [0.1, 0.15) is 0 Å². The maximum atomic E-state index is 6.58. The van der Waals surface area contributed by atoms with Crippen molar-refractivity contribution in [3.05, 3.63) is 69.7 Å². The first kappa shape index (κ1) is 15.3. The molecule has 4 N–H and O–H groups in total. The molecule has 0 fully saturated rings. The van der Waals surface area contributed by atoms with Gasteiger partial charge in [-0.3, -0.25) is 0 Å². The zero-order chi connectivity index (χ0) is 14.8. The normalized spacial score (nSPS) is 15.7. The highest BCUT2D eigenvalue weighted by Crippen LogP contribution is 2.34. The maximum absolute atomic E-state index is 6.58. The highest BCUT2D eigenvalue weighted by molar-refractivity contribution is 6.30. The fourth-order valence-corrected chi connectivity index (χ4v) is 2.58. The number of rotatable bonds is 4. The molecule has 0 aromatic heterocycles. The Morgan fingerprint density at radius 3 is 1.85 bits per heavy atom. The van der Waals surface area contributed by atoms with E-state index in [4.69, 9.17) is 34.7 Å². The van der Waals surface area contributed by atoms with Crippen molar-refractivity contribution in [2.24, 2.45) is 11.5 Å². The van der Waals surface area contributed by atoms with Crippen LogP contribution in [0.25, 0.3) is 0 Å². The molecule has 0 amide bonds. The van der Waals surface area contributed by atoms with Crippen LogP contribution in [-0.4, -0.2) is 0 Å². The zero-order valence-corrected chi connectivity index (χ0v) is 12.8. The van der Waals surface area contributed by atoms with Crippen LogP contribution in [0.5, 0.6) is 0 Å². The fraction of sp³-hybridized carbons (Fsp3) is 0.250. The molecule has 0 saturated carbocycles. The summed E-state index contributed by atoms with van der Waals surface area (Å²) < 4.78 is 0. The Bertz CT molecular complexity index is 566. The molecule has 2 rings (SSSR count). The minimum Gasteiger partial charge on any atom is -0.322 e. The van der Waals surface area contributed by atoms with Gasteiger partial charge >= 0.3 is 0 Å². The Balaban J connectivity index is 2.39. The van der Waals surface area contributed by atoms with E-state index in [1.807, 2.05) is 55.5 Å². The van der Waals surface area contributed by atoms with Gasteiger partial charge in [-0.15, -0.1) is 0 Å². The minimum absolute atomic E-state index is 0.314. The summed E-state index contributed by atoms with van der Waals surface area (Å²) in [4.78, 5) is 0. The summed E-state index contributed by atoms with van der Waals surface area (Å²) in [6, 6.07) is 14.7. The van der Waals surface area contributed by atoms with Crippen LogP contribution >= 0.6 is 23.2 Å². The van der Waals surface area contributed by atoms with E-state index in [2.05, 4.69) is 0 Å². The Labute approximate surface area is 129 Å². The molecule has 2 atom stereocenters. The number of nitrogens with two attached hydrogens (primary N) is 2. The molecule has 0 aliphatic rings. The third-order valence-electron chi connectivity index (χ3n) is 3.75. The van der Waals surface area contributed by atoms with Crippen molar-refractivity contribution < 1.29 is 0 Å². The predicted octanol–water partition coefficient (Wildman–Crippen LogP) is 4.26. The Kier molecular flexibility index (Phi) is 4.71. The lowest BCUT2D eigenvalue weighted by Gasteiger charge is -2.35. The second-order valence-electron chi connectivity index (χ2n) is 4.93. The van der Waals surface area contributed by atoms with Crippen LogP contribution in [0.3, 0.4) is 0 Å². The lowest BCUT2D eigenvalue weighted by Crippen LogP contribution is -2.46. The van der Waals surface area contributed by atoms with Crippen LogP contribution in [0.2, 0.25) is 10.0 Å². The second kappa shape index (κ2) is 6.15. The topological polar surface area (TPSA) is 52.0 Å². The number of hydrogen-bond donors (Lipinski definition) is 2. The van der Waals surface area contributed by atoms with Gasteiger partial charge in [0.25, 0.3) is 0 Å². The van der Waals surface area contributed by atoms with Gasteiger partial charge in [-0.25, -0.2) is 0 Å². The summed E-state index contributed by atoms with van der Waals surface area (Å²) in [7, 11) is 0. The van der Waals surface area contributed by atoms with Crippen LogP contribution in [0.15, 0.2) is 48.5 Å². The molecule has 2 unspecified atom stereocenters. The molecular weight excluding hydrogens is 291 g/mol. The van der Waals surface area contributed by atoms with Crippen molar-refractivity contribution in [3.8, 4) is 0 Å². The van der Waals surface area contributed by atoms with Crippen molar-refractivity contribution in [3.63, 3.8) is 0 Å². The van der Waals surface area contributed by atoms with E-state index in [1.165, 1.54) is 0 Å². The molecule has 0 radical (unpaired) electrons. The average molecular weight is 309 g/mol. The van der Waals surface area contributed by atoms with Gasteiger partial charge in [-0.2, -0.15) is 0 Å². The molecule has 0 spiro atoms. The molecule has 0 aliphatic heterocycles. The third kappa shape index (κ3) is 2.99. The summed E-state index contributed by atoms with van der Waals surface area (Å²) >= 11 is 11.8. The average Bonchev–Trinajstić information content (AvgIpc) is 2.47. The van der Waals surface area contributed by atoms with Gasteiger partial charge in [0.15, 0.2) is 0 Å². The molecule has 2 nitrogen and oxygen atoms in total. The van der Waals surface area contributed by atoms with Crippen molar-refractivity contribution in [1.29, 1.82) is 0 Å². The van der Waals surface area contributed by atoms with Crippen LogP contribution in [0, 0.1) is 0 Å². The van der Waals surface area contributed by atoms with Crippen molar-refractivity contribution in [2.75, 3.05) is 0 Å². The summed E-state index contributed by atoms with van der Waals surface area (Å²) in [5.74, 6) is 0. The lowest BCUT2D eigenvalue weighted by molar-refractivity contribution is 0.347. The quantitative estimate of drug-likeness (QED) is 0.886. The lowest BCUT2D eigenvalue weighted by atomic mass is 9.79. The highest BCUT2D eigenvalue weighted by atomic mass is 35.5. The molecule has 0 bridgehead atoms. The first-order valence-electron chi connectivity index (χ1n) is 6.53. The Morgan fingerprint density at radius 2 is 1.40 bits per heavy atom. The fourth-order valence-electron chi connectivity index (χ4n) is 2.33. The first-order chi connectivity index (χ1) is 9.47.